The zero-order valence-corrected chi connectivity index (χ0v) is 8.48. The minimum Gasteiger partial charge on any atom is -0.355 e. The van der Waals surface area contributed by atoms with E-state index in [1.165, 1.54) is 0 Å². The Morgan fingerprint density at radius 3 is 2.79 bits per heavy atom. The van der Waals surface area contributed by atoms with E-state index < -0.39 is 0 Å². The molecule has 0 aliphatic heterocycles. The van der Waals surface area contributed by atoms with Crippen LogP contribution in [0.25, 0.3) is 0 Å². The quantitative estimate of drug-likeness (QED) is 0.639. The van der Waals surface area contributed by atoms with Crippen LogP contribution in [0.5, 0.6) is 0 Å². The van der Waals surface area contributed by atoms with Gasteiger partial charge in [0.1, 0.15) is 5.83 Å². The van der Waals surface area contributed by atoms with Gasteiger partial charge < -0.3 is 5.32 Å². The van der Waals surface area contributed by atoms with Gasteiger partial charge in [0.05, 0.1) is 0 Å². The van der Waals surface area contributed by atoms with Gasteiger partial charge in [-0.15, -0.1) is 0 Å². The van der Waals surface area contributed by atoms with Crippen molar-refractivity contribution in [2.45, 2.75) is 19.8 Å². The first-order valence-electron chi connectivity index (χ1n) is 4.49. The average Bonchev–Trinajstić information content (AvgIpc) is 2.25. The maximum Gasteiger partial charge on any atom is 0.247 e. The number of carbonyl (C=O) groups is 1. The zero-order valence-electron chi connectivity index (χ0n) is 8.48. The van der Waals surface area contributed by atoms with Gasteiger partial charge in [0, 0.05) is 19.0 Å². The Bertz CT molecular complexity index is 339. The minimum atomic E-state index is -0.200. The molecule has 1 N–H and O–H groups in total. The Balaban J connectivity index is 3.02. The Kier molecular flexibility index (Phi) is 3.23. The normalized spacial score (nSPS) is 17.6. The third-order valence-electron chi connectivity index (χ3n) is 2.18. The number of allylic oxidation sites excluding steroid dienone is 4. The lowest BCUT2D eigenvalue weighted by Crippen LogP contribution is -2.20. The fourth-order valence-electron chi connectivity index (χ4n) is 1.39. The Morgan fingerprint density at radius 2 is 2.21 bits per heavy atom. The molecule has 1 aliphatic carbocycles. The summed E-state index contributed by atoms with van der Waals surface area (Å²) in [5.41, 5.74) is 1.82. The van der Waals surface area contributed by atoms with Crippen molar-refractivity contribution < 1.29 is 9.18 Å². The van der Waals surface area contributed by atoms with Crippen LogP contribution < -0.4 is 5.32 Å². The Hall–Kier alpha value is -1.38. The summed E-state index contributed by atoms with van der Waals surface area (Å²) in [6.07, 6.45) is 2.28. The van der Waals surface area contributed by atoms with Crippen molar-refractivity contribution in [1.82, 2.24) is 5.32 Å². The third-order valence-corrected chi connectivity index (χ3v) is 2.18. The van der Waals surface area contributed by atoms with Gasteiger partial charge in [-0.3, -0.25) is 4.79 Å². The maximum absolute atomic E-state index is 13.3. The Morgan fingerprint density at radius 1 is 1.57 bits per heavy atom. The first kappa shape index (κ1) is 10.7. The molecule has 0 bridgehead atoms. The highest BCUT2D eigenvalue weighted by Crippen LogP contribution is 2.26. The largest absolute Gasteiger partial charge is 0.355 e. The van der Waals surface area contributed by atoms with Crippen LogP contribution in [0.1, 0.15) is 19.8 Å². The summed E-state index contributed by atoms with van der Waals surface area (Å²) >= 11 is 0. The van der Waals surface area contributed by atoms with Crippen molar-refractivity contribution in [3.8, 4) is 0 Å². The van der Waals surface area contributed by atoms with Crippen molar-refractivity contribution in [2.75, 3.05) is 7.05 Å². The molecule has 3 heteroatoms. The molecule has 0 fully saturated rings. The maximum atomic E-state index is 13.3. The van der Waals surface area contributed by atoms with E-state index >= 15 is 0 Å². The van der Waals surface area contributed by atoms with Gasteiger partial charge in [0.15, 0.2) is 0 Å². The summed E-state index contributed by atoms with van der Waals surface area (Å²) in [7, 11) is 1.56. The number of hydrogen-bond acceptors (Lipinski definition) is 1. The van der Waals surface area contributed by atoms with Crippen LogP contribution in [0, 0.1) is 0 Å². The fourth-order valence-corrected chi connectivity index (χ4v) is 1.39. The van der Waals surface area contributed by atoms with Crippen molar-refractivity contribution >= 4 is 5.91 Å². The molecular weight excluding hydrogens is 181 g/mol. The topological polar surface area (TPSA) is 29.1 Å². The highest BCUT2D eigenvalue weighted by molar-refractivity contribution is 5.94. The lowest BCUT2D eigenvalue weighted by Gasteiger charge is -2.04. The number of rotatable bonds is 1. The van der Waals surface area contributed by atoms with Crippen molar-refractivity contribution in [1.29, 1.82) is 0 Å². The molecule has 0 saturated carbocycles. The molecule has 0 aromatic heterocycles. The van der Waals surface area contributed by atoms with E-state index in [0.717, 1.165) is 5.57 Å². The van der Waals surface area contributed by atoms with E-state index in [1.54, 1.807) is 20.0 Å². The molecular formula is C11H14FNO. The predicted molar refractivity (Wildman–Crippen MR) is 54.3 cm³/mol. The van der Waals surface area contributed by atoms with E-state index in [9.17, 15) is 9.18 Å². The smallest absolute Gasteiger partial charge is 0.247 e. The van der Waals surface area contributed by atoms with Gasteiger partial charge in [-0.2, -0.15) is 0 Å². The number of carbonyl (C=O) groups excluding carboxylic acids is 1. The monoisotopic (exact) mass is 195 g/mol. The summed E-state index contributed by atoms with van der Waals surface area (Å²) in [6, 6.07) is 0. The summed E-state index contributed by atoms with van der Waals surface area (Å²) in [6.45, 7) is 5.39. The van der Waals surface area contributed by atoms with E-state index in [0.29, 0.717) is 17.6 Å². The molecule has 0 aromatic carbocycles. The number of likely N-dealkylation sites (N-methyl/N-ethyl adjacent to an activating group) is 1. The lowest BCUT2D eigenvalue weighted by atomic mass is 10.1. The third kappa shape index (κ3) is 2.31. The highest BCUT2D eigenvalue weighted by Gasteiger charge is 2.15. The predicted octanol–water partition coefficient (Wildman–Crippen LogP) is 2.25. The number of amides is 1. The van der Waals surface area contributed by atoms with E-state index in [1.807, 2.05) is 0 Å². The molecule has 0 atom stereocenters. The van der Waals surface area contributed by atoms with Gasteiger partial charge in [-0.1, -0.05) is 12.2 Å². The molecule has 76 valence electrons. The molecule has 2 nitrogen and oxygen atoms in total. The van der Waals surface area contributed by atoms with Crippen LogP contribution in [0.15, 0.2) is 35.2 Å². The molecule has 0 heterocycles. The summed E-state index contributed by atoms with van der Waals surface area (Å²) in [5.74, 6) is -0.367. The van der Waals surface area contributed by atoms with Crippen LogP contribution in [0.2, 0.25) is 0 Å². The van der Waals surface area contributed by atoms with Crippen molar-refractivity contribution in [2.24, 2.45) is 0 Å². The molecule has 0 unspecified atom stereocenters. The van der Waals surface area contributed by atoms with Gasteiger partial charge in [-0.25, -0.2) is 4.39 Å². The van der Waals surface area contributed by atoms with Gasteiger partial charge in [0.2, 0.25) is 5.91 Å². The molecule has 0 aromatic rings. The second-order valence-electron chi connectivity index (χ2n) is 3.44. The first-order chi connectivity index (χ1) is 6.54. The lowest BCUT2D eigenvalue weighted by molar-refractivity contribution is -0.117. The fraction of sp³-hybridized carbons (Fsp3) is 0.364. The van der Waals surface area contributed by atoms with Crippen LogP contribution in [0.3, 0.4) is 0 Å². The zero-order chi connectivity index (χ0) is 10.7. The molecule has 1 aliphatic rings. The average molecular weight is 195 g/mol. The van der Waals surface area contributed by atoms with Crippen LogP contribution in [-0.4, -0.2) is 13.0 Å². The standard InChI is InChI=1S/C11H14FNO/c1-7-4-9(11(14)13-3)6-8(2)10(12)5-7/h6H,1,4-5H2,2-3H3,(H,13,14). The Labute approximate surface area is 83.2 Å². The van der Waals surface area contributed by atoms with Crippen LogP contribution in [-0.2, 0) is 4.79 Å². The number of hydrogen-bond donors (Lipinski definition) is 1. The molecule has 14 heavy (non-hydrogen) atoms. The second-order valence-corrected chi connectivity index (χ2v) is 3.44. The summed E-state index contributed by atoms with van der Waals surface area (Å²) in [5, 5.41) is 2.53. The molecule has 0 saturated heterocycles. The second kappa shape index (κ2) is 4.22. The van der Waals surface area contributed by atoms with E-state index in [-0.39, 0.29) is 18.2 Å². The van der Waals surface area contributed by atoms with Gasteiger partial charge >= 0.3 is 0 Å². The van der Waals surface area contributed by atoms with Crippen LogP contribution in [0.4, 0.5) is 4.39 Å². The number of nitrogens with one attached hydrogen (secondary N) is 1. The molecule has 1 rings (SSSR count). The summed E-state index contributed by atoms with van der Waals surface area (Å²) in [4.78, 5) is 11.4. The van der Waals surface area contributed by atoms with E-state index in [4.69, 9.17) is 0 Å². The van der Waals surface area contributed by atoms with Crippen molar-refractivity contribution in [3.05, 3.63) is 35.2 Å². The summed E-state index contributed by atoms with van der Waals surface area (Å²) < 4.78 is 13.3. The highest BCUT2D eigenvalue weighted by atomic mass is 19.1. The minimum absolute atomic E-state index is 0.166. The molecule has 1 amide bonds. The van der Waals surface area contributed by atoms with Gasteiger partial charge in [-0.05, 0) is 25.0 Å². The number of halogens is 1. The first-order valence-corrected chi connectivity index (χ1v) is 4.49. The van der Waals surface area contributed by atoms with E-state index in [2.05, 4.69) is 11.9 Å². The van der Waals surface area contributed by atoms with Gasteiger partial charge in [0.25, 0.3) is 0 Å². The van der Waals surface area contributed by atoms with Crippen LogP contribution >= 0.6 is 0 Å². The molecule has 0 radical (unpaired) electrons. The SMILES string of the molecule is C=C1CC(C(=O)NC)=CC(C)=C(F)C1. The van der Waals surface area contributed by atoms with Crippen molar-refractivity contribution in [3.63, 3.8) is 0 Å². The molecule has 0 spiro atoms.